The Bertz CT molecular complexity index is 932. The molecule has 1 aromatic heterocycles. The molecule has 0 saturated carbocycles. The first kappa shape index (κ1) is 17.9. The van der Waals surface area contributed by atoms with Crippen LogP contribution in [0, 0.1) is 10.1 Å². The number of nitrogens with zero attached hydrogens (tertiary/aromatic N) is 2. The van der Waals surface area contributed by atoms with Crippen molar-refractivity contribution in [1.29, 1.82) is 0 Å². The Morgan fingerprint density at radius 2 is 1.89 bits per heavy atom. The van der Waals surface area contributed by atoms with Crippen LogP contribution in [-0.4, -0.2) is 17.0 Å². The maximum absolute atomic E-state index is 11.7. The number of non-ortho nitro benzene ring substituents is 1. The third kappa shape index (κ3) is 5.02. The van der Waals surface area contributed by atoms with Crippen molar-refractivity contribution in [3.05, 3.63) is 93.9 Å². The van der Waals surface area contributed by atoms with E-state index in [1.807, 2.05) is 0 Å². The number of furan rings is 1. The van der Waals surface area contributed by atoms with E-state index in [0.717, 1.165) is 11.1 Å². The molecule has 0 spiro atoms. The standard InChI is InChI=1S/C19H15N3O5/c23-19(18-2-1-11-26-18)21-20-12-14-5-9-17(10-6-14)27-13-15-3-7-16(8-4-15)22(24)25/h1-12H,13H2,(H,21,23)/b20-12-. The van der Waals surface area contributed by atoms with Gasteiger partial charge in [0.2, 0.25) is 0 Å². The molecular formula is C19H15N3O5. The van der Waals surface area contributed by atoms with E-state index in [-0.39, 0.29) is 11.4 Å². The molecule has 136 valence electrons. The van der Waals surface area contributed by atoms with Crippen LogP contribution in [0.4, 0.5) is 5.69 Å². The zero-order chi connectivity index (χ0) is 19.1. The van der Waals surface area contributed by atoms with E-state index in [9.17, 15) is 14.9 Å². The van der Waals surface area contributed by atoms with E-state index in [4.69, 9.17) is 9.15 Å². The van der Waals surface area contributed by atoms with Crippen LogP contribution < -0.4 is 10.2 Å². The van der Waals surface area contributed by atoms with Gasteiger partial charge < -0.3 is 9.15 Å². The molecule has 3 aromatic rings. The van der Waals surface area contributed by atoms with Crippen LogP contribution in [0.5, 0.6) is 5.75 Å². The molecular weight excluding hydrogens is 350 g/mol. The second-order valence-corrected chi connectivity index (χ2v) is 5.46. The van der Waals surface area contributed by atoms with Gasteiger partial charge in [0.25, 0.3) is 5.69 Å². The minimum absolute atomic E-state index is 0.0431. The zero-order valence-electron chi connectivity index (χ0n) is 14.1. The van der Waals surface area contributed by atoms with Gasteiger partial charge >= 0.3 is 5.91 Å². The highest BCUT2D eigenvalue weighted by molar-refractivity contribution is 5.92. The fourth-order valence-corrected chi connectivity index (χ4v) is 2.16. The van der Waals surface area contributed by atoms with E-state index >= 15 is 0 Å². The molecule has 0 aliphatic heterocycles. The average Bonchev–Trinajstić information content (AvgIpc) is 3.22. The van der Waals surface area contributed by atoms with Gasteiger partial charge in [0.1, 0.15) is 12.4 Å². The summed E-state index contributed by atoms with van der Waals surface area (Å²) in [4.78, 5) is 21.8. The van der Waals surface area contributed by atoms with Crippen LogP contribution in [-0.2, 0) is 6.61 Å². The second-order valence-electron chi connectivity index (χ2n) is 5.46. The van der Waals surface area contributed by atoms with Crippen molar-refractivity contribution in [2.24, 2.45) is 5.10 Å². The van der Waals surface area contributed by atoms with Gasteiger partial charge in [-0.3, -0.25) is 14.9 Å². The number of ether oxygens (including phenoxy) is 1. The number of nitro benzene ring substituents is 1. The third-order valence-electron chi connectivity index (χ3n) is 3.56. The van der Waals surface area contributed by atoms with Gasteiger partial charge in [-0.1, -0.05) is 0 Å². The van der Waals surface area contributed by atoms with Gasteiger partial charge in [-0.05, 0) is 59.7 Å². The monoisotopic (exact) mass is 365 g/mol. The second kappa shape index (κ2) is 8.43. The molecule has 0 aliphatic rings. The molecule has 27 heavy (non-hydrogen) atoms. The number of rotatable bonds is 7. The Kier molecular flexibility index (Phi) is 5.58. The zero-order valence-corrected chi connectivity index (χ0v) is 14.1. The summed E-state index contributed by atoms with van der Waals surface area (Å²) in [5, 5.41) is 14.5. The number of hydrazone groups is 1. The van der Waals surface area contributed by atoms with Crippen LogP contribution in [0.3, 0.4) is 0 Å². The summed E-state index contributed by atoms with van der Waals surface area (Å²) in [6, 6.07) is 16.5. The maximum atomic E-state index is 11.7. The Labute approximate surface area is 154 Å². The SMILES string of the molecule is O=C(N/N=C\c1ccc(OCc2ccc([N+](=O)[O-])cc2)cc1)c1ccco1. The van der Waals surface area contributed by atoms with Crippen molar-refractivity contribution in [1.82, 2.24) is 5.43 Å². The quantitative estimate of drug-likeness (QED) is 0.391. The first-order chi connectivity index (χ1) is 13.1. The van der Waals surface area contributed by atoms with Gasteiger partial charge in [-0.2, -0.15) is 5.10 Å². The molecule has 2 aromatic carbocycles. The van der Waals surface area contributed by atoms with Crippen molar-refractivity contribution < 1.29 is 18.9 Å². The molecule has 0 fully saturated rings. The largest absolute Gasteiger partial charge is 0.489 e. The van der Waals surface area contributed by atoms with Gasteiger partial charge in [-0.25, -0.2) is 5.43 Å². The van der Waals surface area contributed by atoms with Gasteiger partial charge in [-0.15, -0.1) is 0 Å². The van der Waals surface area contributed by atoms with Crippen LogP contribution >= 0.6 is 0 Å². The molecule has 0 saturated heterocycles. The molecule has 0 unspecified atom stereocenters. The smallest absolute Gasteiger partial charge is 0.307 e. The number of hydrogen-bond acceptors (Lipinski definition) is 6. The number of carbonyl (C=O) groups is 1. The van der Waals surface area contributed by atoms with Crippen molar-refractivity contribution in [3.63, 3.8) is 0 Å². The Hall–Kier alpha value is -3.94. The lowest BCUT2D eigenvalue weighted by Gasteiger charge is -2.06. The molecule has 0 aliphatic carbocycles. The minimum atomic E-state index is -0.442. The van der Waals surface area contributed by atoms with Gasteiger partial charge in [0.05, 0.1) is 17.4 Å². The Morgan fingerprint density at radius 1 is 1.15 bits per heavy atom. The normalized spacial score (nSPS) is 10.7. The molecule has 1 heterocycles. The highest BCUT2D eigenvalue weighted by Crippen LogP contribution is 2.16. The van der Waals surface area contributed by atoms with E-state index in [2.05, 4.69) is 10.5 Å². The minimum Gasteiger partial charge on any atom is -0.489 e. The molecule has 8 nitrogen and oxygen atoms in total. The number of hydrogen-bond donors (Lipinski definition) is 1. The van der Waals surface area contributed by atoms with Crippen molar-refractivity contribution >= 4 is 17.8 Å². The first-order valence-corrected chi connectivity index (χ1v) is 7.95. The first-order valence-electron chi connectivity index (χ1n) is 7.95. The highest BCUT2D eigenvalue weighted by Gasteiger charge is 2.06. The lowest BCUT2D eigenvalue weighted by molar-refractivity contribution is -0.384. The van der Waals surface area contributed by atoms with Crippen LogP contribution in [0.2, 0.25) is 0 Å². The Balaban J connectivity index is 1.50. The lowest BCUT2D eigenvalue weighted by atomic mass is 10.2. The fourth-order valence-electron chi connectivity index (χ4n) is 2.16. The molecule has 8 heteroatoms. The lowest BCUT2D eigenvalue weighted by Crippen LogP contribution is -2.16. The highest BCUT2D eigenvalue weighted by atomic mass is 16.6. The predicted molar refractivity (Wildman–Crippen MR) is 97.6 cm³/mol. The van der Waals surface area contributed by atoms with Crippen LogP contribution in [0.25, 0.3) is 0 Å². The fraction of sp³-hybridized carbons (Fsp3) is 0.0526. The Morgan fingerprint density at radius 3 is 2.52 bits per heavy atom. The summed E-state index contributed by atoms with van der Waals surface area (Å²) in [6.07, 6.45) is 2.91. The number of nitro groups is 1. The maximum Gasteiger partial charge on any atom is 0.307 e. The molecule has 0 atom stereocenters. The summed E-state index contributed by atoms with van der Waals surface area (Å²) in [5.41, 5.74) is 4.01. The summed E-state index contributed by atoms with van der Waals surface area (Å²) >= 11 is 0. The molecule has 3 rings (SSSR count). The number of amides is 1. The van der Waals surface area contributed by atoms with Crippen molar-refractivity contribution in [2.45, 2.75) is 6.61 Å². The summed E-state index contributed by atoms with van der Waals surface area (Å²) in [6.45, 7) is 0.296. The van der Waals surface area contributed by atoms with Gasteiger partial charge in [0.15, 0.2) is 5.76 Å². The number of nitrogens with one attached hydrogen (secondary N) is 1. The van der Waals surface area contributed by atoms with Crippen molar-refractivity contribution in [3.8, 4) is 5.75 Å². The molecule has 1 N–H and O–H groups in total. The summed E-state index contributed by atoms with van der Waals surface area (Å²) in [7, 11) is 0. The summed E-state index contributed by atoms with van der Waals surface area (Å²) < 4.78 is 10.6. The average molecular weight is 365 g/mol. The van der Waals surface area contributed by atoms with E-state index in [1.54, 1.807) is 48.5 Å². The van der Waals surface area contributed by atoms with E-state index in [0.29, 0.717) is 12.4 Å². The summed E-state index contributed by atoms with van der Waals surface area (Å²) in [5.74, 6) is 0.395. The van der Waals surface area contributed by atoms with E-state index in [1.165, 1.54) is 24.6 Å². The third-order valence-corrected chi connectivity index (χ3v) is 3.56. The topological polar surface area (TPSA) is 107 Å². The van der Waals surface area contributed by atoms with Crippen molar-refractivity contribution in [2.75, 3.05) is 0 Å². The molecule has 1 amide bonds. The number of carbonyl (C=O) groups excluding carboxylic acids is 1. The van der Waals surface area contributed by atoms with Crippen LogP contribution in [0.15, 0.2) is 76.4 Å². The molecule has 0 bridgehead atoms. The number of benzene rings is 2. The van der Waals surface area contributed by atoms with Gasteiger partial charge in [0, 0.05) is 12.1 Å². The molecule has 0 radical (unpaired) electrons. The van der Waals surface area contributed by atoms with E-state index < -0.39 is 10.8 Å². The predicted octanol–water partition coefficient (Wildman–Crippen LogP) is 3.53. The van der Waals surface area contributed by atoms with Crippen LogP contribution in [0.1, 0.15) is 21.7 Å².